The summed E-state index contributed by atoms with van der Waals surface area (Å²) >= 11 is 0. The zero-order valence-electron chi connectivity index (χ0n) is 15.0. The SMILES string of the molecule is O=C(CCc1ccccc1F)Nc1ccccc1C(=O)NCC1CCCO1. The Hall–Kier alpha value is -2.73. The number of carbonyl (C=O) groups is 2. The van der Waals surface area contributed by atoms with Gasteiger partial charge in [0.1, 0.15) is 5.82 Å². The van der Waals surface area contributed by atoms with E-state index in [1.807, 2.05) is 0 Å². The summed E-state index contributed by atoms with van der Waals surface area (Å²) in [6, 6.07) is 13.2. The van der Waals surface area contributed by atoms with E-state index in [0.29, 0.717) is 29.8 Å². The smallest absolute Gasteiger partial charge is 0.253 e. The minimum atomic E-state index is -0.320. The predicted octanol–water partition coefficient (Wildman–Crippen LogP) is 3.31. The Labute approximate surface area is 157 Å². The number of ether oxygens (including phenoxy) is 1. The average Bonchev–Trinajstić information content (AvgIpc) is 3.19. The highest BCUT2D eigenvalue weighted by Gasteiger charge is 2.18. The first kappa shape index (κ1) is 19.0. The molecule has 2 N–H and O–H groups in total. The molecule has 0 radical (unpaired) electrons. The van der Waals surface area contributed by atoms with Crippen molar-refractivity contribution in [1.82, 2.24) is 5.32 Å². The van der Waals surface area contributed by atoms with Crippen molar-refractivity contribution in [2.45, 2.75) is 31.8 Å². The number of benzene rings is 2. The molecule has 0 bridgehead atoms. The van der Waals surface area contributed by atoms with Crippen LogP contribution < -0.4 is 10.6 Å². The van der Waals surface area contributed by atoms with Gasteiger partial charge in [0.15, 0.2) is 0 Å². The Morgan fingerprint density at radius 3 is 2.67 bits per heavy atom. The van der Waals surface area contributed by atoms with E-state index in [0.717, 1.165) is 19.4 Å². The Bertz CT molecular complexity index is 804. The van der Waals surface area contributed by atoms with E-state index in [9.17, 15) is 14.0 Å². The molecule has 0 aliphatic carbocycles. The Kier molecular flexibility index (Phi) is 6.54. The maximum absolute atomic E-state index is 13.7. The van der Waals surface area contributed by atoms with Crippen LogP contribution in [0.3, 0.4) is 0 Å². The zero-order chi connectivity index (χ0) is 19.1. The summed E-state index contributed by atoms with van der Waals surface area (Å²) in [5.41, 5.74) is 1.34. The Morgan fingerprint density at radius 1 is 1.11 bits per heavy atom. The lowest BCUT2D eigenvalue weighted by molar-refractivity contribution is -0.116. The van der Waals surface area contributed by atoms with Crippen LogP contribution in [0, 0.1) is 5.82 Å². The van der Waals surface area contributed by atoms with E-state index in [4.69, 9.17) is 4.74 Å². The molecule has 1 atom stereocenters. The fourth-order valence-electron chi connectivity index (χ4n) is 3.06. The Balaban J connectivity index is 1.57. The highest BCUT2D eigenvalue weighted by atomic mass is 19.1. The van der Waals surface area contributed by atoms with Crippen molar-refractivity contribution >= 4 is 17.5 Å². The summed E-state index contributed by atoms with van der Waals surface area (Å²) in [5, 5.41) is 5.61. The van der Waals surface area contributed by atoms with Gasteiger partial charge in [0.2, 0.25) is 5.91 Å². The summed E-state index contributed by atoms with van der Waals surface area (Å²) < 4.78 is 19.2. The molecule has 5 nitrogen and oxygen atoms in total. The molecular weight excluding hydrogens is 347 g/mol. The van der Waals surface area contributed by atoms with Crippen LogP contribution in [-0.2, 0) is 16.0 Å². The minimum Gasteiger partial charge on any atom is -0.376 e. The highest BCUT2D eigenvalue weighted by Crippen LogP contribution is 2.17. The minimum absolute atomic E-state index is 0.0523. The van der Waals surface area contributed by atoms with Crippen LogP contribution >= 0.6 is 0 Å². The molecule has 142 valence electrons. The van der Waals surface area contributed by atoms with Crippen molar-refractivity contribution < 1.29 is 18.7 Å². The van der Waals surface area contributed by atoms with E-state index in [-0.39, 0.29) is 30.2 Å². The molecule has 1 fully saturated rings. The molecule has 6 heteroatoms. The molecule has 3 rings (SSSR count). The largest absolute Gasteiger partial charge is 0.376 e. The van der Waals surface area contributed by atoms with Crippen molar-refractivity contribution in [2.24, 2.45) is 0 Å². The first-order valence-corrected chi connectivity index (χ1v) is 9.15. The molecule has 1 heterocycles. The van der Waals surface area contributed by atoms with E-state index in [1.165, 1.54) is 6.07 Å². The average molecular weight is 370 g/mol. The van der Waals surface area contributed by atoms with Crippen LogP contribution in [0.5, 0.6) is 0 Å². The fourth-order valence-corrected chi connectivity index (χ4v) is 3.06. The summed E-state index contributed by atoms with van der Waals surface area (Å²) in [6.45, 7) is 1.18. The molecule has 0 aromatic heterocycles. The third kappa shape index (κ3) is 5.37. The van der Waals surface area contributed by atoms with E-state index < -0.39 is 0 Å². The number of rotatable bonds is 7. The maximum Gasteiger partial charge on any atom is 0.253 e. The van der Waals surface area contributed by atoms with Gasteiger partial charge in [0, 0.05) is 19.6 Å². The molecule has 2 aromatic carbocycles. The van der Waals surface area contributed by atoms with Crippen molar-refractivity contribution in [3.05, 3.63) is 65.5 Å². The van der Waals surface area contributed by atoms with Gasteiger partial charge in [-0.25, -0.2) is 4.39 Å². The maximum atomic E-state index is 13.7. The number of nitrogens with one attached hydrogen (secondary N) is 2. The highest BCUT2D eigenvalue weighted by molar-refractivity contribution is 6.03. The van der Waals surface area contributed by atoms with Gasteiger partial charge < -0.3 is 15.4 Å². The molecule has 2 amide bonds. The molecule has 0 saturated carbocycles. The van der Waals surface area contributed by atoms with Crippen LogP contribution in [0.2, 0.25) is 0 Å². The number of para-hydroxylation sites is 1. The van der Waals surface area contributed by atoms with Gasteiger partial charge >= 0.3 is 0 Å². The van der Waals surface area contributed by atoms with Gasteiger partial charge in [-0.3, -0.25) is 9.59 Å². The standard InChI is InChI=1S/C21H23FN2O3/c22-18-9-3-1-6-15(18)11-12-20(25)24-19-10-4-2-8-17(19)21(26)23-14-16-7-5-13-27-16/h1-4,6,8-10,16H,5,7,11-14H2,(H,23,26)(H,24,25). The summed E-state index contributed by atoms with van der Waals surface area (Å²) in [5.74, 6) is -0.840. The monoisotopic (exact) mass is 370 g/mol. The number of hydrogen-bond acceptors (Lipinski definition) is 3. The van der Waals surface area contributed by atoms with Crippen molar-refractivity contribution in [3.8, 4) is 0 Å². The number of aryl methyl sites for hydroxylation is 1. The first-order valence-electron chi connectivity index (χ1n) is 9.15. The molecule has 2 aromatic rings. The number of amides is 2. The van der Waals surface area contributed by atoms with Crippen LogP contribution in [0.15, 0.2) is 48.5 Å². The summed E-state index contributed by atoms with van der Waals surface area (Å²) in [4.78, 5) is 24.7. The molecule has 1 unspecified atom stereocenters. The second-order valence-corrected chi connectivity index (χ2v) is 6.53. The topological polar surface area (TPSA) is 67.4 Å². The van der Waals surface area contributed by atoms with E-state index >= 15 is 0 Å². The predicted molar refractivity (Wildman–Crippen MR) is 101 cm³/mol. The van der Waals surface area contributed by atoms with E-state index in [1.54, 1.807) is 42.5 Å². The normalized spacial score (nSPS) is 16.1. The zero-order valence-corrected chi connectivity index (χ0v) is 15.0. The van der Waals surface area contributed by atoms with Crippen LogP contribution in [0.25, 0.3) is 0 Å². The second-order valence-electron chi connectivity index (χ2n) is 6.53. The van der Waals surface area contributed by atoms with Gasteiger partial charge in [-0.1, -0.05) is 30.3 Å². The molecule has 1 saturated heterocycles. The van der Waals surface area contributed by atoms with Crippen molar-refractivity contribution in [3.63, 3.8) is 0 Å². The number of carbonyl (C=O) groups excluding carboxylic acids is 2. The second kappa shape index (κ2) is 9.28. The molecule has 1 aliphatic heterocycles. The number of halogens is 1. The van der Waals surface area contributed by atoms with Gasteiger partial charge in [0.05, 0.1) is 17.4 Å². The summed E-state index contributed by atoms with van der Waals surface area (Å²) in [6.07, 6.45) is 2.43. The molecule has 0 spiro atoms. The van der Waals surface area contributed by atoms with Crippen molar-refractivity contribution in [2.75, 3.05) is 18.5 Å². The first-order chi connectivity index (χ1) is 13.1. The van der Waals surface area contributed by atoms with Crippen LogP contribution in [0.1, 0.15) is 35.2 Å². The third-order valence-electron chi connectivity index (χ3n) is 4.54. The van der Waals surface area contributed by atoms with Gasteiger partial charge in [-0.2, -0.15) is 0 Å². The van der Waals surface area contributed by atoms with Gasteiger partial charge in [-0.05, 0) is 43.0 Å². The fraction of sp³-hybridized carbons (Fsp3) is 0.333. The number of anilines is 1. The van der Waals surface area contributed by atoms with Crippen molar-refractivity contribution in [1.29, 1.82) is 0 Å². The lowest BCUT2D eigenvalue weighted by Crippen LogP contribution is -2.32. The van der Waals surface area contributed by atoms with Gasteiger partial charge in [-0.15, -0.1) is 0 Å². The lowest BCUT2D eigenvalue weighted by Gasteiger charge is -2.14. The Morgan fingerprint density at radius 2 is 1.89 bits per heavy atom. The molecule has 27 heavy (non-hydrogen) atoms. The summed E-state index contributed by atoms with van der Waals surface area (Å²) in [7, 11) is 0. The van der Waals surface area contributed by atoms with Crippen LogP contribution in [-0.4, -0.2) is 31.1 Å². The lowest BCUT2D eigenvalue weighted by atomic mass is 10.1. The van der Waals surface area contributed by atoms with Crippen LogP contribution in [0.4, 0.5) is 10.1 Å². The third-order valence-corrected chi connectivity index (χ3v) is 4.54. The molecular formula is C21H23FN2O3. The molecule has 1 aliphatic rings. The van der Waals surface area contributed by atoms with Gasteiger partial charge in [0.25, 0.3) is 5.91 Å². The quantitative estimate of drug-likeness (QED) is 0.786. The number of hydrogen-bond donors (Lipinski definition) is 2. The van der Waals surface area contributed by atoms with E-state index in [2.05, 4.69) is 10.6 Å².